The summed E-state index contributed by atoms with van der Waals surface area (Å²) in [4.78, 5) is 1.49. The number of hydrogen-bond acceptors (Lipinski definition) is 3. The van der Waals surface area contributed by atoms with E-state index >= 15 is 0 Å². The topological polar surface area (TPSA) is 12.0 Å². The van der Waals surface area contributed by atoms with Crippen LogP contribution in [-0.4, -0.2) is 18.1 Å². The molecule has 1 aliphatic heterocycles. The van der Waals surface area contributed by atoms with Crippen molar-refractivity contribution in [2.24, 2.45) is 0 Å². The van der Waals surface area contributed by atoms with E-state index in [1.165, 1.54) is 23.5 Å². The zero-order valence-electron chi connectivity index (χ0n) is 7.82. The second kappa shape index (κ2) is 4.49. The molecule has 1 fully saturated rings. The fourth-order valence-corrected chi connectivity index (χ4v) is 4.28. The molecule has 2 unspecified atom stereocenters. The Kier molecular flexibility index (Phi) is 3.30. The molecule has 2 heterocycles. The predicted octanol–water partition coefficient (Wildman–Crippen LogP) is 2.90. The van der Waals surface area contributed by atoms with Crippen molar-refractivity contribution in [3.63, 3.8) is 0 Å². The second-order valence-electron chi connectivity index (χ2n) is 3.33. The maximum absolute atomic E-state index is 3.44. The fourth-order valence-electron chi connectivity index (χ4n) is 1.85. The van der Waals surface area contributed by atoms with Gasteiger partial charge in [-0.2, -0.15) is 11.8 Å². The molecule has 0 radical (unpaired) electrons. The first kappa shape index (κ1) is 9.56. The maximum atomic E-state index is 3.44. The number of thiophene rings is 1. The summed E-state index contributed by atoms with van der Waals surface area (Å²) in [5, 5.41) is 6.40. The van der Waals surface area contributed by atoms with Crippen molar-refractivity contribution in [1.82, 2.24) is 5.32 Å². The minimum Gasteiger partial charge on any atom is -0.311 e. The largest absolute Gasteiger partial charge is 0.311 e. The van der Waals surface area contributed by atoms with E-state index in [1.54, 1.807) is 0 Å². The summed E-state index contributed by atoms with van der Waals surface area (Å²) < 4.78 is 0. The van der Waals surface area contributed by atoms with Crippen LogP contribution in [0.15, 0.2) is 17.5 Å². The summed E-state index contributed by atoms with van der Waals surface area (Å²) in [6.45, 7) is 0. The zero-order valence-corrected chi connectivity index (χ0v) is 9.46. The van der Waals surface area contributed by atoms with Crippen LogP contribution in [0.5, 0.6) is 0 Å². The molecule has 0 aromatic carbocycles. The van der Waals surface area contributed by atoms with Crippen molar-refractivity contribution in [3.05, 3.63) is 22.4 Å². The van der Waals surface area contributed by atoms with Gasteiger partial charge in [-0.15, -0.1) is 11.3 Å². The van der Waals surface area contributed by atoms with Crippen LogP contribution in [0, 0.1) is 0 Å². The van der Waals surface area contributed by atoms with Gasteiger partial charge in [-0.3, -0.25) is 0 Å². The van der Waals surface area contributed by atoms with Crippen molar-refractivity contribution < 1.29 is 0 Å². The first-order valence-electron chi connectivity index (χ1n) is 4.74. The van der Waals surface area contributed by atoms with E-state index in [4.69, 9.17) is 0 Å². The standard InChI is InChI=1S/C10H15NS2/c1-11-10(8-4-2-6-12-8)9-5-3-7-13-9/h2,4,6,9-11H,3,5,7H2,1H3. The highest BCUT2D eigenvalue weighted by atomic mass is 32.2. The summed E-state index contributed by atoms with van der Waals surface area (Å²) in [6, 6.07) is 4.96. The number of hydrogen-bond donors (Lipinski definition) is 1. The molecule has 13 heavy (non-hydrogen) atoms. The van der Waals surface area contributed by atoms with Crippen LogP contribution in [-0.2, 0) is 0 Å². The molecule has 1 aromatic rings. The van der Waals surface area contributed by atoms with Gasteiger partial charge < -0.3 is 5.32 Å². The van der Waals surface area contributed by atoms with Gasteiger partial charge in [0.05, 0.1) is 6.04 Å². The average molecular weight is 213 g/mol. The Morgan fingerprint density at radius 2 is 2.54 bits per heavy atom. The Balaban J connectivity index is 2.08. The molecule has 0 aliphatic carbocycles. The zero-order chi connectivity index (χ0) is 9.10. The maximum Gasteiger partial charge on any atom is 0.0532 e. The minimum absolute atomic E-state index is 0.576. The highest BCUT2D eigenvalue weighted by Gasteiger charge is 2.25. The molecule has 0 saturated carbocycles. The van der Waals surface area contributed by atoms with Crippen LogP contribution >= 0.6 is 23.1 Å². The normalized spacial score (nSPS) is 24.8. The van der Waals surface area contributed by atoms with Gasteiger partial charge in [0.15, 0.2) is 0 Å². The quantitative estimate of drug-likeness (QED) is 0.828. The summed E-state index contributed by atoms with van der Waals surface area (Å²) in [5.74, 6) is 1.34. The Morgan fingerprint density at radius 3 is 3.08 bits per heavy atom. The van der Waals surface area contributed by atoms with E-state index in [1.807, 2.05) is 11.3 Å². The Hall–Kier alpha value is 0.01000. The molecule has 1 aromatic heterocycles. The highest BCUT2D eigenvalue weighted by molar-refractivity contribution is 8.00. The minimum atomic E-state index is 0.576. The molecule has 1 N–H and O–H groups in total. The van der Waals surface area contributed by atoms with Gasteiger partial charge in [0.25, 0.3) is 0 Å². The van der Waals surface area contributed by atoms with E-state index in [0.717, 1.165) is 5.25 Å². The summed E-state index contributed by atoms with van der Waals surface area (Å²) >= 11 is 3.98. The summed E-state index contributed by atoms with van der Waals surface area (Å²) in [5.41, 5.74) is 0. The summed E-state index contributed by atoms with van der Waals surface area (Å²) in [6.07, 6.45) is 2.76. The second-order valence-corrected chi connectivity index (χ2v) is 5.66. The van der Waals surface area contributed by atoms with Gasteiger partial charge in [0.2, 0.25) is 0 Å². The van der Waals surface area contributed by atoms with Gasteiger partial charge in [0.1, 0.15) is 0 Å². The van der Waals surface area contributed by atoms with Gasteiger partial charge in [-0.25, -0.2) is 0 Å². The molecule has 1 saturated heterocycles. The molecule has 1 nitrogen and oxygen atoms in total. The van der Waals surface area contributed by atoms with Gasteiger partial charge in [-0.05, 0) is 37.1 Å². The van der Waals surface area contributed by atoms with Crippen LogP contribution in [0.3, 0.4) is 0 Å². The monoisotopic (exact) mass is 213 g/mol. The molecule has 2 atom stereocenters. The van der Waals surface area contributed by atoms with Crippen LogP contribution < -0.4 is 5.32 Å². The van der Waals surface area contributed by atoms with E-state index in [2.05, 4.69) is 41.6 Å². The fraction of sp³-hybridized carbons (Fsp3) is 0.600. The number of rotatable bonds is 3. The van der Waals surface area contributed by atoms with E-state index in [-0.39, 0.29) is 0 Å². The molecule has 0 bridgehead atoms. The van der Waals surface area contributed by atoms with Crippen LogP contribution in [0.4, 0.5) is 0 Å². The van der Waals surface area contributed by atoms with Crippen molar-refractivity contribution in [2.45, 2.75) is 24.1 Å². The molecular formula is C10H15NS2. The molecule has 0 spiro atoms. The van der Waals surface area contributed by atoms with Gasteiger partial charge in [-0.1, -0.05) is 6.07 Å². The first-order chi connectivity index (χ1) is 6.42. The number of nitrogens with one attached hydrogen (secondary N) is 1. The molecule has 0 amide bonds. The predicted molar refractivity (Wildman–Crippen MR) is 61.6 cm³/mol. The van der Waals surface area contributed by atoms with E-state index in [9.17, 15) is 0 Å². The SMILES string of the molecule is CNC(c1cccs1)C1CCCS1. The van der Waals surface area contributed by atoms with E-state index < -0.39 is 0 Å². The third-order valence-electron chi connectivity index (χ3n) is 2.50. The Labute approximate surface area is 87.9 Å². The molecule has 3 heteroatoms. The Bertz CT molecular complexity index is 239. The third kappa shape index (κ3) is 2.09. The smallest absolute Gasteiger partial charge is 0.0532 e. The molecule has 1 aliphatic rings. The van der Waals surface area contributed by atoms with Gasteiger partial charge >= 0.3 is 0 Å². The van der Waals surface area contributed by atoms with Crippen molar-refractivity contribution >= 4 is 23.1 Å². The van der Waals surface area contributed by atoms with Crippen LogP contribution in [0.25, 0.3) is 0 Å². The lowest BCUT2D eigenvalue weighted by molar-refractivity contribution is 0.560. The first-order valence-corrected chi connectivity index (χ1v) is 6.67. The number of thioether (sulfide) groups is 1. The lowest BCUT2D eigenvalue weighted by atomic mass is 10.1. The third-order valence-corrected chi connectivity index (χ3v) is 4.91. The molecular weight excluding hydrogens is 198 g/mol. The van der Waals surface area contributed by atoms with Crippen LogP contribution in [0.1, 0.15) is 23.8 Å². The van der Waals surface area contributed by atoms with Crippen molar-refractivity contribution in [1.29, 1.82) is 0 Å². The van der Waals surface area contributed by atoms with Crippen molar-refractivity contribution in [2.75, 3.05) is 12.8 Å². The van der Waals surface area contributed by atoms with E-state index in [0.29, 0.717) is 6.04 Å². The lowest BCUT2D eigenvalue weighted by Crippen LogP contribution is -2.24. The molecule has 2 rings (SSSR count). The summed E-state index contributed by atoms with van der Waals surface area (Å²) in [7, 11) is 2.07. The van der Waals surface area contributed by atoms with Crippen molar-refractivity contribution in [3.8, 4) is 0 Å². The molecule has 72 valence electrons. The van der Waals surface area contributed by atoms with Gasteiger partial charge in [0, 0.05) is 10.1 Å². The average Bonchev–Trinajstić information content (AvgIpc) is 2.76. The highest BCUT2D eigenvalue weighted by Crippen LogP contribution is 2.37. The Morgan fingerprint density at radius 1 is 1.62 bits per heavy atom. The van der Waals surface area contributed by atoms with Crippen LogP contribution in [0.2, 0.25) is 0 Å². The lowest BCUT2D eigenvalue weighted by Gasteiger charge is -2.20.